The highest BCUT2D eigenvalue weighted by Crippen LogP contribution is 2.40. The first-order valence-corrected chi connectivity index (χ1v) is 11.2. The van der Waals surface area contributed by atoms with Crippen molar-refractivity contribution in [3.8, 4) is 11.1 Å². The highest BCUT2D eigenvalue weighted by molar-refractivity contribution is 7.19. The Morgan fingerprint density at radius 2 is 1.90 bits per heavy atom. The molecule has 1 aliphatic rings. The lowest BCUT2D eigenvalue weighted by Gasteiger charge is -2.30. The fourth-order valence-corrected chi connectivity index (χ4v) is 4.96. The Balaban J connectivity index is 1.52. The van der Waals surface area contributed by atoms with E-state index >= 15 is 0 Å². The second-order valence-electron chi connectivity index (χ2n) is 8.04. The summed E-state index contributed by atoms with van der Waals surface area (Å²) in [6, 6.07) is 8.57. The summed E-state index contributed by atoms with van der Waals surface area (Å²) in [5.74, 6) is 1.78. The third kappa shape index (κ3) is 4.27. The molecule has 1 saturated heterocycles. The molecule has 0 aliphatic carbocycles. The molecule has 0 bridgehead atoms. The molecule has 0 spiro atoms. The number of aromatic nitrogens is 2. The molecular formula is C23H28N4OS. The third-order valence-corrected chi connectivity index (χ3v) is 6.79. The van der Waals surface area contributed by atoms with Gasteiger partial charge in [0.05, 0.1) is 5.39 Å². The van der Waals surface area contributed by atoms with E-state index in [0.717, 1.165) is 47.9 Å². The van der Waals surface area contributed by atoms with Crippen molar-refractivity contribution in [1.29, 1.82) is 0 Å². The van der Waals surface area contributed by atoms with Gasteiger partial charge in [0, 0.05) is 36.5 Å². The number of fused-ring (bicyclic) bond motifs is 1. The number of likely N-dealkylation sites (tertiary alicyclic amines) is 1. The third-order valence-electron chi connectivity index (χ3n) is 5.77. The zero-order chi connectivity index (χ0) is 20.4. The van der Waals surface area contributed by atoms with E-state index in [-0.39, 0.29) is 5.91 Å². The number of aryl methyl sites for hydroxylation is 2. The van der Waals surface area contributed by atoms with Crippen LogP contribution >= 0.6 is 11.3 Å². The molecule has 5 nitrogen and oxygen atoms in total. The van der Waals surface area contributed by atoms with Crippen molar-refractivity contribution in [1.82, 2.24) is 14.9 Å². The second kappa shape index (κ2) is 8.49. The van der Waals surface area contributed by atoms with Gasteiger partial charge in [-0.25, -0.2) is 9.97 Å². The van der Waals surface area contributed by atoms with Crippen LogP contribution < -0.4 is 5.32 Å². The molecule has 29 heavy (non-hydrogen) atoms. The van der Waals surface area contributed by atoms with Crippen molar-refractivity contribution in [2.75, 3.05) is 25.0 Å². The van der Waals surface area contributed by atoms with Crippen LogP contribution in [0.4, 0.5) is 5.82 Å². The zero-order valence-electron chi connectivity index (χ0n) is 17.4. The molecule has 1 fully saturated rings. The number of nitrogens with zero attached hydrogens (tertiary/aromatic N) is 3. The van der Waals surface area contributed by atoms with Crippen molar-refractivity contribution in [3.63, 3.8) is 0 Å². The zero-order valence-corrected chi connectivity index (χ0v) is 18.2. The monoisotopic (exact) mass is 408 g/mol. The summed E-state index contributed by atoms with van der Waals surface area (Å²) in [6.07, 6.45) is 4.32. The van der Waals surface area contributed by atoms with E-state index in [0.29, 0.717) is 13.0 Å². The molecule has 1 aliphatic heterocycles. The van der Waals surface area contributed by atoms with Crippen LogP contribution in [-0.2, 0) is 4.79 Å². The van der Waals surface area contributed by atoms with Crippen molar-refractivity contribution in [2.24, 2.45) is 5.92 Å². The van der Waals surface area contributed by atoms with Crippen LogP contribution in [0.3, 0.4) is 0 Å². The Labute approximate surface area is 176 Å². The maximum absolute atomic E-state index is 12.5. The minimum absolute atomic E-state index is 0.231. The Bertz CT molecular complexity index is 1000. The van der Waals surface area contributed by atoms with Gasteiger partial charge in [-0.2, -0.15) is 0 Å². The van der Waals surface area contributed by atoms with E-state index in [1.165, 1.54) is 21.6 Å². The van der Waals surface area contributed by atoms with E-state index in [1.54, 1.807) is 17.7 Å². The Morgan fingerprint density at radius 1 is 1.17 bits per heavy atom. The molecule has 4 rings (SSSR count). The van der Waals surface area contributed by atoms with Crippen LogP contribution in [0, 0.1) is 19.8 Å². The predicted molar refractivity (Wildman–Crippen MR) is 120 cm³/mol. The lowest BCUT2D eigenvalue weighted by molar-refractivity contribution is -0.132. The number of piperidine rings is 1. The number of carbonyl (C=O) groups is 1. The molecule has 3 heterocycles. The van der Waals surface area contributed by atoms with Crippen molar-refractivity contribution in [2.45, 2.75) is 40.0 Å². The Hall–Kier alpha value is -2.47. The standard InChI is InChI=1S/C23H28N4OS/c1-15-4-6-18(7-5-15)20-17(3)29-23-21(20)22(25-14-26-23)24-11-8-19(28)27-12-9-16(2)10-13-27/h4-7,14,16H,8-13H2,1-3H3,(H,24,25,26). The number of carbonyl (C=O) groups excluding carboxylic acids is 1. The number of hydrogen-bond donors (Lipinski definition) is 1. The van der Waals surface area contributed by atoms with Gasteiger partial charge in [0.2, 0.25) is 5.91 Å². The lowest BCUT2D eigenvalue weighted by Crippen LogP contribution is -2.38. The summed E-state index contributed by atoms with van der Waals surface area (Å²) >= 11 is 1.69. The van der Waals surface area contributed by atoms with Crippen LogP contribution in [0.1, 0.15) is 36.6 Å². The topological polar surface area (TPSA) is 58.1 Å². The van der Waals surface area contributed by atoms with Gasteiger partial charge in [-0.3, -0.25) is 4.79 Å². The van der Waals surface area contributed by atoms with Gasteiger partial charge < -0.3 is 10.2 Å². The van der Waals surface area contributed by atoms with Gasteiger partial charge in [0.25, 0.3) is 0 Å². The van der Waals surface area contributed by atoms with E-state index in [1.807, 2.05) is 4.90 Å². The Morgan fingerprint density at radius 3 is 2.62 bits per heavy atom. The molecule has 1 amide bonds. The fourth-order valence-electron chi connectivity index (χ4n) is 3.95. The number of thiophene rings is 1. The summed E-state index contributed by atoms with van der Waals surface area (Å²) < 4.78 is 0. The maximum atomic E-state index is 12.5. The number of hydrogen-bond acceptors (Lipinski definition) is 5. The smallest absolute Gasteiger partial charge is 0.224 e. The van der Waals surface area contributed by atoms with Crippen molar-refractivity contribution >= 4 is 33.3 Å². The maximum Gasteiger partial charge on any atom is 0.224 e. The fraction of sp³-hybridized carbons (Fsp3) is 0.435. The van der Waals surface area contributed by atoms with Crippen LogP contribution in [-0.4, -0.2) is 40.4 Å². The normalized spacial score (nSPS) is 15.1. The lowest BCUT2D eigenvalue weighted by atomic mass is 9.99. The minimum Gasteiger partial charge on any atom is -0.369 e. The summed E-state index contributed by atoms with van der Waals surface area (Å²) in [5.41, 5.74) is 3.60. The number of amides is 1. The second-order valence-corrected chi connectivity index (χ2v) is 9.24. The quantitative estimate of drug-likeness (QED) is 0.643. The molecule has 3 aromatic rings. The van der Waals surface area contributed by atoms with Crippen molar-refractivity contribution in [3.05, 3.63) is 41.0 Å². The van der Waals surface area contributed by atoms with Gasteiger partial charge in [-0.15, -0.1) is 11.3 Å². The molecule has 0 saturated carbocycles. The first-order chi connectivity index (χ1) is 14.0. The summed E-state index contributed by atoms with van der Waals surface area (Å²) in [4.78, 5) is 25.7. The van der Waals surface area contributed by atoms with E-state index < -0.39 is 0 Å². The average Bonchev–Trinajstić information content (AvgIpc) is 3.06. The van der Waals surface area contributed by atoms with Crippen molar-refractivity contribution < 1.29 is 4.79 Å². The number of rotatable bonds is 5. The van der Waals surface area contributed by atoms with Crippen LogP contribution in [0.5, 0.6) is 0 Å². The molecule has 0 atom stereocenters. The highest BCUT2D eigenvalue weighted by atomic mass is 32.1. The number of nitrogens with one attached hydrogen (secondary N) is 1. The average molecular weight is 409 g/mol. The largest absolute Gasteiger partial charge is 0.369 e. The van der Waals surface area contributed by atoms with E-state index in [4.69, 9.17) is 0 Å². The van der Waals surface area contributed by atoms with Gasteiger partial charge in [-0.05, 0) is 38.2 Å². The first-order valence-electron chi connectivity index (χ1n) is 10.4. The molecule has 6 heteroatoms. The molecule has 2 aromatic heterocycles. The number of anilines is 1. The molecule has 0 radical (unpaired) electrons. The molecule has 152 valence electrons. The van der Waals surface area contributed by atoms with Crippen LogP contribution in [0.15, 0.2) is 30.6 Å². The van der Waals surface area contributed by atoms with Gasteiger partial charge >= 0.3 is 0 Å². The van der Waals surface area contributed by atoms with E-state index in [2.05, 4.69) is 60.3 Å². The summed E-state index contributed by atoms with van der Waals surface area (Å²) in [7, 11) is 0. The molecule has 1 aromatic carbocycles. The van der Waals surface area contributed by atoms with Gasteiger partial charge in [0.1, 0.15) is 17.0 Å². The van der Waals surface area contributed by atoms with Gasteiger partial charge in [-0.1, -0.05) is 36.8 Å². The van der Waals surface area contributed by atoms with Gasteiger partial charge in [0.15, 0.2) is 0 Å². The first kappa shape index (κ1) is 19.8. The minimum atomic E-state index is 0.231. The van der Waals surface area contributed by atoms with Crippen LogP contribution in [0.25, 0.3) is 21.3 Å². The van der Waals surface area contributed by atoms with E-state index in [9.17, 15) is 4.79 Å². The summed E-state index contributed by atoms with van der Waals surface area (Å²) in [6.45, 7) is 8.85. The highest BCUT2D eigenvalue weighted by Gasteiger charge is 2.20. The molecule has 1 N–H and O–H groups in total. The SMILES string of the molecule is Cc1ccc(-c2c(C)sc3ncnc(NCCC(=O)N4CCC(C)CC4)c23)cc1. The predicted octanol–water partition coefficient (Wildman–Crippen LogP) is 5.04. The molecule has 0 unspecified atom stereocenters. The number of benzene rings is 1. The summed E-state index contributed by atoms with van der Waals surface area (Å²) in [5, 5.41) is 4.46. The Kier molecular flexibility index (Phi) is 5.81. The van der Waals surface area contributed by atoms with Crippen LogP contribution in [0.2, 0.25) is 0 Å². The molecular weight excluding hydrogens is 380 g/mol.